The molecule has 24 heavy (non-hydrogen) atoms. The molecule has 0 saturated heterocycles. The van der Waals surface area contributed by atoms with E-state index < -0.39 is 0 Å². The Balaban J connectivity index is 2.19. The second-order valence-electron chi connectivity index (χ2n) is 5.40. The summed E-state index contributed by atoms with van der Waals surface area (Å²) in [5.41, 5.74) is 3.96. The van der Waals surface area contributed by atoms with E-state index in [0.29, 0.717) is 6.61 Å². The molecule has 1 N–H and O–H groups in total. The maximum absolute atomic E-state index is 12.3. The Bertz CT molecular complexity index is 753. The Morgan fingerprint density at radius 2 is 2.04 bits per heavy atom. The number of amides is 1. The molecular weight excluding hydrogens is 366 g/mol. The highest BCUT2D eigenvalue weighted by molar-refractivity contribution is 9.10. The third-order valence-corrected chi connectivity index (χ3v) is 4.17. The lowest BCUT2D eigenvalue weighted by molar-refractivity contribution is -0.111. The number of halogens is 1. The van der Waals surface area contributed by atoms with Crippen LogP contribution in [0.3, 0.4) is 0 Å². The fourth-order valence-electron chi connectivity index (χ4n) is 2.47. The predicted octanol–water partition coefficient (Wildman–Crippen LogP) is 5.37. The number of ether oxygens (including phenoxy) is 1. The van der Waals surface area contributed by atoms with Crippen LogP contribution >= 0.6 is 15.9 Å². The number of nitrogens with one attached hydrogen (secondary N) is 1. The number of hydrogen-bond donors (Lipinski definition) is 1. The first-order chi connectivity index (χ1) is 11.5. The van der Waals surface area contributed by atoms with Gasteiger partial charge in [0.1, 0.15) is 5.75 Å². The van der Waals surface area contributed by atoms with Crippen molar-refractivity contribution in [2.45, 2.75) is 27.2 Å². The molecular formula is C20H22BrNO2. The zero-order valence-corrected chi connectivity index (χ0v) is 15.8. The van der Waals surface area contributed by atoms with Crippen LogP contribution in [0.15, 0.2) is 46.9 Å². The van der Waals surface area contributed by atoms with E-state index in [-0.39, 0.29) is 5.91 Å². The van der Waals surface area contributed by atoms with Crippen LogP contribution in [0.5, 0.6) is 5.75 Å². The van der Waals surface area contributed by atoms with Crippen molar-refractivity contribution in [3.05, 3.63) is 63.6 Å². The van der Waals surface area contributed by atoms with Gasteiger partial charge in [-0.15, -0.1) is 0 Å². The normalized spacial score (nSPS) is 10.8. The average Bonchev–Trinajstić information content (AvgIpc) is 2.57. The van der Waals surface area contributed by atoms with Gasteiger partial charge in [0.05, 0.1) is 6.61 Å². The molecule has 0 aliphatic carbocycles. The van der Waals surface area contributed by atoms with Crippen LogP contribution in [-0.4, -0.2) is 12.5 Å². The lowest BCUT2D eigenvalue weighted by Crippen LogP contribution is -2.11. The van der Waals surface area contributed by atoms with Gasteiger partial charge in [-0.1, -0.05) is 41.1 Å². The minimum Gasteiger partial charge on any atom is -0.493 e. The molecule has 0 radical (unpaired) electrons. The number of carbonyl (C=O) groups is 1. The van der Waals surface area contributed by atoms with Crippen LogP contribution in [0.4, 0.5) is 5.69 Å². The topological polar surface area (TPSA) is 38.3 Å². The quantitative estimate of drug-likeness (QED) is 0.676. The molecule has 2 aromatic carbocycles. The van der Waals surface area contributed by atoms with E-state index in [9.17, 15) is 4.79 Å². The number of aryl methyl sites for hydroxylation is 2. The number of rotatable bonds is 6. The molecule has 0 atom stereocenters. The van der Waals surface area contributed by atoms with Crippen LogP contribution in [-0.2, 0) is 11.2 Å². The van der Waals surface area contributed by atoms with Crippen molar-refractivity contribution in [1.29, 1.82) is 0 Å². The molecule has 0 heterocycles. The smallest absolute Gasteiger partial charge is 0.248 e. The lowest BCUT2D eigenvalue weighted by Gasteiger charge is -2.11. The summed E-state index contributed by atoms with van der Waals surface area (Å²) < 4.78 is 6.54. The summed E-state index contributed by atoms with van der Waals surface area (Å²) in [4.78, 5) is 12.3. The molecule has 3 nitrogen and oxygen atoms in total. The van der Waals surface area contributed by atoms with Crippen molar-refractivity contribution in [2.75, 3.05) is 11.9 Å². The minimum absolute atomic E-state index is 0.151. The second-order valence-corrected chi connectivity index (χ2v) is 6.32. The van der Waals surface area contributed by atoms with E-state index in [4.69, 9.17) is 4.74 Å². The highest BCUT2D eigenvalue weighted by atomic mass is 79.9. The van der Waals surface area contributed by atoms with Crippen LogP contribution < -0.4 is 10.1 Å². The molecule has 0 fully saturated rings. The van der Waals surface area contributed by atoms with Crippen molar-refractivity contribution in [1.82, 2.24) is 0 Å². The second kappa shape index (κ2) is 8.69. The fourth-order valence-corrected chi connectivity index (χ4v) is 2.85. The van der Waals surface area contributed by atoms with Gasteiger partial charge in [-0.05, 0) is 55.7 Å². The third-order valence-electron chi connectivity index (χ3n) is 3.67. The van der Waals surface area contributed by atoms with Gasteiger partial charge in [-0.3, -0.25) is 4.79 Å². The lowest BCUT2D eigenvalue weighted by atomic mass is 10.1. The van der Waals surface area contributed by atoms with Crippen LogP contribution in [0.1, 0.15) is 30.5 Å². The summed E-state index contributed by atoms with van der Waals surface area (Å²) in [6.07, 6.45) is 4.19. The van der Waals surface area contributed by atoms with Crippen LogP contribution in [0.25, 0.3) is 6.08 Å². The number of para-hydroxylation sites is 1. The molecule has 0 unspecified atom stereocenters. The van der Waals surface area contributed by atoms with E-state index in [1.807, 2.05) is 50.2 Å². The molecule has 0 spiro atoms. The molecule has 0 aliphatic rings. The zero-order valence-electron chi connectivity index (χ0n) is 14.2. The first-order valence-corrected chi connectivity index (χ1v) is 8.84. The zero-order chi connectivity index (χ0) is 17.5. The van der Waals surface area contributed by atoms with E-state index >= 15 is 0 Å². The van der Waals surface area contributed by atoms with Gasteiger partial charge in [0.15, 0.2) is 0 Å². The van der Waals surface area contributed by atoms with Crippen molar-refractivity contribution >= 4 is 33.6 Å². The standard InChI is InChI=1S/C20H22BrNO2/c1-4-15-8-6-7-14(3)20(15)22-19(23)12-9-16-13-17(21)10-11-18(16)24-5-2/h6-13H,4-5H2,1-3H3,(H,22,23)/b12-9+. The van der Waals surface area contributed by atoms with Crippen LogP contribution in [0, 0.1) is 6.92 Å². The van der Waals surface area contributed by atoms with Gasteiger partial charge < -0.3 is 10.1 Å². The maximum Gasteiger partial charge on any atom is 0.248 e. The highest BCUT2D eigenvalue weighted by Gasteiger charge is 2.07. The Labute approximate surface area is 151 Å². The van der Waals surface area contributed by atoms with Crippen molar-refractivity contribution < 1.29 is 9.53 Å². The Morgan fingerprint density at radius 3 is 2.75 bits per heavy atom. The molecule has 0 bridgehead atoms. The van der Waals surface area contributed by atoms with Gasteiger partial charge in [0.2, 0.25) is 5.91 Å². The largest absolute Gasteiger partial charge is 0.493 e. The van der Waals surface area contributed by atoms with Gasteiger partial charge in [0.25, 0.3) is 0 Å². The fraction of sp³-hybridized carbons (Fsp3) is 0.250. The van der Waals surface area contributed by atoms with E-state index in [1.54, 1.807) is 6.08 Å². The number of benzene rings is 2. The molecule has 0 saturated carbocycles. The summed E-state index contributed by atoms with van der Waals surface area (Å²) >= 11 is 3.45. The first-order valence-electron chi connectivity index (χ1n) is 8.05. The van der Waals surface area contributed by atoms with Gasteiger partial charge in [0, 0.05) is 21.8 Å². The summed E-state index contributed by atoms with van der Waals surface area (Å²) in [5.74, 6) is 0.608. The minimum atomic E-state index is -0.151. The van der Waals surface area contributed by atoms with E-state index in [0.717, 1.165) is 39.0 Å². The Kier molecular flexibility index (Phi) is 6.62. The molecule has 2 rings (SSSR count). The number of hydrogen-bond acceptors (Lipinski definition) is 2. The molecule has 126 valence electrons. The van der Waals surface area contributed by atoms with E-state index in [2.05, 4.69) is 28.2 Å². The summed E-state index contributed by atoms with van der Waals surface area (Å²) in [5, 5.41) is 2.99. The first kappa shape index (κ1) is 18.3. The van der Waals surface area contributed by atoms with Crippen molar-refractivity contribution in [3.63, 3.8) is 0 Å². The molecule has 0 aromatic heterocycles. The molecule has 0 aliphatic heterocycles. The predicted molar refractivity (Wildman–Crippen MR) is 104 cm³/mol. The van der Waals surface area contributed by atoms with E-state index in [1.165, 1.54) is 6.08 Å². The highest BCUT2D eigenvalue weighted by Crippen LogP contribution is 2.25. The monoisotopic (exact) mass is 387 g/mol. The number of carbonyl (C=O) groups excluding carboxylic acids is 1. The van der Waals surface area contributed by atoms with Gasteiger partial charge in [-0.2, -0.15) is 0 Å². The molecule has 1 amide bonds. The van der Waals surface area contributed by atoms with Gasteiger partial charge >= 0.3 is 0 Å². The van der Waals surface area contributed by atoms with Crippen molar-refractivity contribution in [2.24, 2.45) is 0 Å². The number of anilines is 1. The molecule has 4 heteroatoms. The van der Waals surface area contributed by atoms with Crippen LogP contribution in [0.2, 0.25) is 0 Å². The Morgan fingerprint density at radius 1 is 1.25 bits per heavy atom. The average molecular weight is 388 g/mol. The maximum atomic E-state index is 12.3. The third kappa shape index (κ3) is 4.71. The van der Waals surface area contributed by atoms with Crippen molar-refractivity contribution in [3.8, 4) is 5.75 Å². The van der Waals surface area contributed by atoms with Gasteiger partial charge in [-0.25, -0.2) is 0 Å². The summed E-state index contributed by atoms with van der Waals surface area (Å²) in [6, 6.07) is 11.8. The Hall–Kier alpha value is -2.07. The molecule has 2 aromatic rings. The summed E-state index contributed by atoms with van der Waals surface area (Å²) in [6.45, 7) is 6.60. The SMILES string of the molecule is CCOc1ccc(Br)cc1/C=C/C(=O)Nc1c(C)cccc1CC. The summed E-state index contributed by atoms with van der Waals surface area (Å²) in [7, 11) is 0.